The Kier molecular flexibility index (Phi) is 4.06. The van der Waals surface area contributed by atoms with E-state index in [1.54, 1.807) is 11.9 Å². The monoisotopic (exact) mass is 250 g/mol. The highest BCUT2D eigenvalue weighted by Crippen LogP contribution is 2.15. The summed E-state index contributed by atoms with van der Waals surface area (Å²) in [5.74, 6) is -1.41. The molecule has 0 atom stereocenters. The van der Waals surface area contributed by atoms with Crippen molar-refractivity contribution in [3.8, 4) is 0 Å². The van der Waals surface area contributed by atoms with Crippen LogP contribution in [0.5, 0.6) is 0 Å². The van der Waals surface area contributed by atoms with Gasteiger partial charge >= 0.3 is 5.97 Å². The van der Waals surface area contributed by atoms with E-state index in [4.69, 9.17) is 5.11 Å². The SMILES string of the molecule is CN(CC(C)(C)C)C(=O)c1cccc(C(=O)O)n1. The minimum atomic E-state index is -1.14. The fourth-order valence-electron chi connectivity index (χ4n) is 1.65. The molecule has 0 fully saturated rings. The number of rotatable bonds is 3. The number of hydrogen-bond acceptors (Lipinski definition) is 3. The zero-order valence-corrected chi connectivity index (χ0v) is 11.1. The van der Waals surface area contributed by atoms with E-state index in [-0.39, 0.29) is 22.7 Å². The topological polar surface area (TPSA) is 70.5 Å². The van der Waals surface area contributed by atoms with E-state index >= 15 is 0 Å². The van der Waals surface area contributed by atoms with Crippen molar-refractivity contribution in [3.63, 3.8) is 0 Å². The van der Waals surface area contributed by atoms with Crippen LogP contribution in [0.1, 0.15) is 41.7 Å². The van der Waals surface area contributed by atoms with Crippen LogP contribution in [-0.2, 0) is 0 Å². The molecule has 0 aliphatic carbocycles. The molecule has 5 nitrogen and oxygen atoms in total. The standard InChI is InChI=1S/C13H18N2O3/c1-13(2,3)8-15(4)11(16)9-6-5-7-10(14-9)12(17)18/h5-7H,8H2,1-4H3,(H,17,18). The second kappa shape index (κ2) is 5.16. The normalized spacial score (nSPS) is 11.1. The molecule has 0 spiro atoms. The Morgan fingerprint density at radius 3 is 2.33 bits per heavy atom. The van der Waals surface area contributed by atoms with Crippen LogP contribution in [0.3, 0.4) is 0 Å². The molecule has 5 heteroatoms. The molecule has 1 aromatic heterocycles. The van der Waals surface area contributed by atoms with Gasteiger partial charge in [0.15, 0.2) is 0 Å². The van der Waals surface area contributed by atoms with Crippen LogP contribution in [0, 0.1) is 5.41 Å². The highest BCUT2D eigenvalue weighted by atomic mass is 16.4. The number of nitrogens with zero attached hydrogens (tertiary/aromatic N) is 2. The third-order valence-corrected chi connectivity index (χ3v) is 2.25. The molecule has 0 aliphatic heterocycles. The lowest BCUT2D eigenvalue weighted by atomic mass is 9.96. The van der Waals surface area contributed by atoms with E-state index < -0.39 is 5.97 Å². The van der Waals surface area contributed by atoms with E-state index in [9.17, 15) is 9.59 Å². The maximum atomic E-state index is 12.1. The Hall–Kier alpha value is -1.91. The number of carboxylic acid groups (broad SMARTS) is 1. The Balaban J connectivity index is 2.90. The lowest BCUT2D eigenvalue weighted by Crippen LogP contribution is -2.35. The molecule has 1 heterocycles. The third-order valence-electron chi connectivity index (χ3n) is 2.25. The smallest absolute Gasteiger partial charge is 0.354 e. The van der Waals surface area contributed by atoms with Crippen LogP contribution < -0.4 is 0 Å². The molecule has 0 unspecified atom stereocenters. The molecule has 0 aliphatic rings. The minimum absolute atomic E-state index is 0.0190. The first-order chi connectivity index (χ1) is 8.20. The summed E-state index contributed by atoms with van der Waals surface area (Å²) in [6.45, 7) is 6.65. The van der Waals surface area contributed by atoms with Gasteiger partial charge in [-0.05, 0) is 17.5 Å². The molecule has 0 saturated heterocycles. The Morgan fingerprint density at radius 2 is 1.83 bits per heavy atom. The largest absolute Gasteiger partial charge is 0.477 e. The zero-order chi connectivity index (χ0) is 13.9. The lowest BCUT2D eigenvalue weighted by molar-refractivity contribution is 0.0689. The van der Waals surface area contributed by atoms with Crippen molar-refractivity contribution in [1.82, 2.24) is 9.88 Å². The maximum Gasteiger partial charge on any atom is 0.354 e. The fourth-order valence-corrected chi connectivity index (χ4v) is 1.65. The van der Waals surface area contributed by atoms with Gasteiger partial charge in [-0.2, -0.15) is 0 Å². The number of amides is 1. The van der Waals surface area contributed by atoms with Crippen LogP contribution >= 0.6 is 0 Å². The Labute approximate surface area is 106 Å². The molecule has 18 heavy (non-hydrogen) atoms. The second-order valence-corrected chi connectivity index (χ2v) is 5.44. The highest BCUT2D eigenvalue weighted by Gasteiger charge is 2.20. The van der Waals surface area contributed by atoms with E-state index in [0.717, 1.165) is 0 Å². The van der Waals surface area contributed by atoms with Gasteiger partial charge in [-0.1, -0.05) is 26.8 Å². The maximum absolute atomic E-state index is 12.1. The van der Waals surface area contributed by atoms with Gasteiger partial charge in [0.05, 0.1) is 0 Å². The average Bonchev–Trinajstić information content (AvgIpc) is 2.26. The quantitative estimate of drug-likeness (QED) is 0.889. The Bertz CT molecular complexity index is 464. The van der Waals surface area contributed by atoms with Gasteiger partial charge < -0.3 is 10.0 Å². The molecule has 0 radical (unpaired) electrons. The number of carboxylic acids is 1. The van der Waals surface area contributed by atoms with Gasteiger partial charge in [-0.25, -0.2) is 9.78 Å². The van der Waals surface area contributed by atoms with Crippen LogP contribution in [0.25, 0.3) is 0 Å². The molecular weight excluding hydrogens is 232 g/mol. The van der Waals surface area contributed by atoms with Crippen molar-refractivity contribution in [3.05, 3.63) is 29.6 Å². The first-order valence-electron chi connectivity index (χ1n) is 5.66. The molecule has 1 amide bonds. The predicted molar refractivity (Wildman–Crippen MR) is 67.6 cm³/mol. The van der Waals surface area contributed by atoms with Crippen LogP contribution in [0.15, 0.2) is 18.2 Å². The number of aromatic carboxylic acids is 1. The van der Waals surface area contributed by atoms with Crippen LogP contribution in [0.4, 0.5) is 0 Å². The molecule has 1 aromatic rings. The third kappa shape index (κ3) is 3.84. The van der Waals surface area contributed by atoms with Gasteiger partial charge in [0.2, 0.25) is 0 Å². The summed E-state index contributed by atoms with van der Waals surface area (Å²) in [4.78, 5) is 28.2. The van der Waals surface area contributed by atoms with Crippen LogP contribution in [-0.4, -0.2) is 40.5 Å². The van der Waals surface area contributed by atoms with E-state index in [0.29, 0.717) is 6.54 Å². The summed E-state index contributed by atoms with van der Waals surface area (Å²) >= 11 is 0. The van der Waals surface area contributed by atoms with Gasteiger partial charge in [0, 0.05) is 13.6 Å². The first-order valence-corrected chi connectivity index (χ1v) is 5.66. The second-order valence-electron chi connectivity index (χ2n) is 5.44. The van der Waals surface area contributed by atoms with Crippen molar-refractivity contribution in [2.24, 2.45) is 5.41 Å². The van der Waals surface area contributed by atoms with Gasteiger partial charge in [0.1, 0.15) is 11.4 Å². The van der Waals surface area contributed by atoms with Crippen molar-refractivity contribution in [2.45, 2.75) is 20.8 Å². The van der Waals surface area contributed by atoms with Gasteiger partial charge in [-0.3, -0.25) is 4.79 Å². The number of aromatic nitrogens is 1. The van der Waals surface area contributed by atoms with E-state index in [1.165, 1.54) is 18.2 Å². The zero-order valence-electron chi connectivity index (χ0n) is 11.1. The summed E-state index contributed by atoms with van der Waals surface area (Å²) in [7, 11) is 1.68. The average molecular weight is 250 g/mol. The minimum Gasteiger partial charge on any atom is -0.477 e. The van der Waals surface area contributed by atoms with Crippen LogP contribution in [0.2, 0.25) is 0 Å². The van der Waals surface area contributed by atoms with E-state index in [1.807, 2.05) is 20.8 Å². The fraction of sp³-hybridized carbons (Fsp3) is 0.462. The van der Waals surface area contributed by atoms with Crippen molar-refractivity contribution >= 4 is 11.9 Å². The summed E-state index contributed by atoms with van der Waals surface area (Å²) in [6.07, 6.45) is 0. The Morgan fingerprint density at radius 1 is 1.28 bits per heavy atom. The van der Waals surface area contributed by atoms with Crippen molar-refractivity contribution in [2.75, 3.05) is 13.6 Å². The lowest BCUT2D eigenvalue weighted by Gasteiger charge is -2.26. The molecule has 98 valence electrons. The number of hydrogen-bond donors (Lipinski definition) is 1. The molecular formula is C13H18N2O3. The van der Waals surface area contributed by atoms with Gasteiger partial charge in [-0.15, -0.1) is 0 Å². The molecule has 1 N–H and O–H groups in total. The summed E-state index contributed by atoms with van der Waals surface area (Å²) in [5.41, 5.74) is 0.0149. The summed E-state index contributed by atoms with van der Waals surface area (Å²) < 4.78 is 0. The molecule has 0 aromatic carbocycles. The number of carbonyl (C=O) groups excluding carboxylic acids is 1. The molecule has 0 saturated carbocycles. The number of pyridine rings is 1. The van der Waals surface area contributed by atoms with Crippen molar-refractivity contribution < 1.29 is 14.7 Å². The highest BCUT2D eigenvalue weighted by molar-refractivity contribution is 5.94. The predicted octanol–water partition coefficient (Wildman–Crippen LogP) is 1.90. The first kappa shape index (κ1) is 14.2. The van der Waals surface area contributed by atoms with E-state index in [2.05, 4.69) is 4.98 Å². The van der Waals surface area contributed by atoms with Crippen molar-refractivity contribution in [1.29, 1.82) is 0 Å². The molecule has 0 bridgehead atoms. The summed E-state index contributed by atoms with van der Waals surface area (Å²) in [6, 6.07) is 4.41. The summed E-state index contributed by atoms with van der Waals surface area (Å²) in [5, 5.41) is 8.83. The van der Waals surface area contributed by atoms with Gasteiger partial charge in [0.25, 0.3) is 5.91 Å². The number of carbonyl (C=O) groups is 2. The molecule has 1 rings (SSSR count).